The van der Waals surface area contributed by atoms with E-state index in [1.54, 1.807) is 12.3 Å². The number of fused-ring (bicyclic) bond motifs is 1. The van der Waals surface area contributed by atoms with E-state index >= 15 is 0 Å². The minimum absolute atomic E-state index is 0.0764. The molecule has 0 spiro atoms. The van der Waals surface area contributed by atoms with Crippen molar-refractivity contribution >= 4 is 34.4 Å². The number of aromatic nitrogens is 1. The third-order valence-corrected chi connectivity index (χ3v) is 6.21. The lowest BCUT2D eigenvalue weighted by Gasteiger charge is -2.32. The highest BCUT2D eigenvalue weighted by atomic mass is 32.1. The zero-order valence-electron chi connectivity index (χ0n) is 15.1. The second-order valence-electron chi connectivity index (χ2n) is 7.18. The fraction of sp³-hybridized carbons (Fsp3) is 0.381. The summed E-state index contributed by atoms with van der Waals surface area (Å²) in [6.45, 7) is 0. The molecule has 27 heavy (non-hydrogen) atoms. The first kappa shape index (κ1) is 17.9. The first-order chi connectivity index (χ1) is 13.2. The van der Waals surface area contributed by atoms with Crippen molar-refractivity contribution in [3.8, 4) is 0 Å². The lowest BCUT2D eigenvalue weighted by molar-refractivity contribution is -0.135. The molecule has 0 bridgehead atoms. The van der Waals surface area contributed by atoms with Crippen LogP contribution in [-0.2, 0) is 9.59 Å². The molecular weight excluding hydrogens is 358 g/mol. The Morgan fingerprint density at radius 1 is 1.19 bits per heavy atom. The maximum Gasteiger partial charge on any atom is 0.248 e. The summed E-state index contributed by atoms with van der Waals surface area (Å²) in [5.74, 6) is 0.216. The summed E-state index contributed by atoms with van der Waals surface area (Å²) < 4.78 is 0. The van der Waals surface area contributed by atoms with E-state index in [2.05, 4.69) is 10.3 Å². The number of hydrogen-bond acceptors (Lipinski definition) is 4. The summed E-state index contributed by atoms with van der Waals surface area (Å²) >= 11 is 1.39. The van der Waals surface area contributed by atoms with Gasteiger partial charge in [-0.1, -0.05) is 43.2 Å². The minimum Gasteiger partial charge on any atom is -0.324 e. The molecule has 5 nitrogen and oxygen atoms in total. The number of nitrogens with one attached hydrogen (secondary N) is 1. The van der Waals surface area contributed by atoms with Crippen molar-refractivity contribution < 1.29 is 9.59 Å². The Kier molecular flexibility index (Phi) is 5.34. The number of hydrogen-bond donors (Lipinski definition) is 1. The van der Waals surface area contributed by atoms with Crippen molar-refractivity contribution in [2.24, 2.45) is 5.92 Å². The van der Waals surface area contributed by atoms with Crippen LogP contribution in [0.4, 0.5) is 5.13 Å². The molecule has 3 atom stereocenters. The van der Waals surface area contributed by atoms with Gasteiger partial charge < -0.3 is 10.2 Å². The number of rotatable bonds is 4. The Bertz CT molecular complexity index is 819. The Morgan fingerprint density at radius 3 is 2.78 bits per heavy atom. The van der Waals surface area contributed by atoms with Gasteiger partial charge in [0.05, 0.1) is 0 Å². The predicted octanol–water partition coefficient (Wildman–Crippen LogP) is 3.95. The maximum atomic E-state index is 13.0. The molecule has 1 saturated carbocycles. The number of amides is 2. The highest BCUT2D eigenvalue weighted by Gasteiger charge is 2.46. The van der Waals surface area contributed by atoms with E-state index in [1.807, 2.05) is 46.7 Å². The summed E-state index contributed by atoms with van der Waals surface area (Å²) in [5.41, 5.74) is 0.981. The zero-order valence-corrected chi connectivity index (χ0v) is 15.9. The largest absolute Gasteiger partial charge is 0.324 e. The van der Waals surface area contributed by atoms with Crippen molar-refractivity contribution in [1.82, 2.24) is 9.88 Å². The van der Waals surface area contributed by atoms with Crippen LogP contribution < -0.4 is 5.32 Å². The Balaban J connectivity index is 1.54. The summed E-state index contributed by atoms with van der Waals surface area (Å²) in [6.07, 6.45) is 10.2. The number of thiazole rings is 1. The molecule has 2 aromatic rings. The van der Waals surface area contributed by atoms with Crippen LogP contribution in [0.5, 0.6) is 0 Å². The van der Waals surface area contributed by atoms with Crippen LogP contribution in [0.3, 0.4) is 0 Å². The van der Waals surface area contributed by atoms with Gasteiger partial charge in [0.15, 0.2) is 5.13 Å². The van der Waals surface area contributed by atoms with E-state index in [9.17, 15) is 9.59 Å². The normalized spacial score (nSPS) is 24.7. The molecule has 0 radical (unpaired) electrons. The van der Waals surface area contributed by atoms with Crippen molar-refractivity contribution in [2.45, 2.75) is 44.2 Å². The third kappa shape index (κ3) is 3.95. The van der Waals surface area contributed by atoms with Gasteiger partial charge in [-0.3, -0.25) is 9.59 Å². The molecule has 4 rings (SSSR count). The summed E-state index contributed by atoms with van der Waals surface area (Å²) in [6, 6.07) is 9.51. The average Bonchev–Trinajstić information content (AvgIpc) is 3.34. The molecule has 6 heteroatoms. The SMILES string of the molecule is O=C(Nc1nccs1)C1CC2CCCCC2N1C(=O)C=Cc1ccccc1. The molecule has 1 saturated heterocycles. The quantitative estimate of drug-likeness (QED) is 0.816. The number of carbonyl (C=O) groups is 2. The standard InChI is InChI=1S/C21H23N3O2S/c25-19(11-10-15-6-2-1-3-7-15)24-17-9-5-4-8-16(17)14-18(24)20(26)23-21-22-12-13-27-21/h1-3,6-7,10-13,16-18H,4-5,8-9,14H2,(H,22,23,26). The first-order valence-corrected chi connectivity index (χ1v) is 10.4. The topological polar surface area (TPSA) is 62.3 Å². The Labute approximate surface area is 163 Å². The van der Waals surface area contributed by atoms with Gasteiger partial charge in [-0.05, 0) is 36.8 Å². The second kappa shape index (κ2) is 8.05. The molecule has 1 aliphatic carbocycles. The molecule has 2 aliphatic rings. The average molecular weight is 382 g/mol. The molecule has 140 valence electrons. The van der Waals surface area contributed by atoms with Gasteiger partial charge in [0.25, 0.3) is 0 Å². The van der Waals surface area contributed by atoms with E-state index in [1.165, 1.54) is 17.8 Å². The van der Waals surface area contributed by atoms with Crippen LogP contribution in [0.1, 0.15) is 37.7 Å². The maximum absolute atomic E-state index is 13.0. The van der Waals surface area contributed by atoms with Gasteiger partial charge in [-0.2, -0.15) is 0 Å². The van der Waals surface area contributed by atoms with Gasteiger partial charge in [0.2, 0.25) is 11.8 Å². The van der Waals surface area contributed by atoms with Gasteiger partial charge in [0, 0.05) is 23.7 Å². The van der Waals surface area contributed by atoms with Gasteiger partial charge in [-0.25, -0.2) is 4.98 Å². The molecular formula is C21H23N3O2S. The zero-order chi connectivity index (χ0) is 18.6. The minimum atomic E-state index is -0.421. The molecule has 2 fully saturated rings. The lowest BCUT2D eigenvalue weighted by atomic mass is 9.84. The molecule has 2 amide bonds. The lowest BCUT2D eigenvalue weighted by Crippen LogP contribution is -2.47. The van der Waals surface area contributed by atoms with Crippen molar-refractivity contribution in [2.75, 3.05) is 5.32 Å². The van der Waals surface area contributed by atoms with E-state index in [4.69, 9.17) is 0 Å². The Hall–Kier alpha value is -2.47. The number of benzene rings is 1. The highest BCUT2D eigenvalue weighted by Crippen LogP contribution is 2.40. The summed E-state index contributed by atoms with van der Waals surface area (Å²) in [7, 11) is 0. The van der Waals surface area contributed by atoms with Crippen LogP contribution in [0.15, 0.2) is 48.0 Å². The van der Waals surface area contributed by atoms with E-state index in [0.29, 0.717) is 11.0 Å². The fourth-order valence-corrected chi connectivity index (χ4v) is 4.83. The molecule has 3 unspecified atom stereocenters. The van der Waals surface area contributed by atoms with Crippen LogP contribution in [0, 0.1) is 5.92 Å². The summed E-state index contributed by atoms with van der Waals surface area (Å²) in [4.78, 5) is 31.9. The smallest absolute Gasteiger partial charge is 0.248 e. The molecule has 1 N–H and O–H groups in total. The van der Waals surface area contributed by atoms with E-state index in [0.717, 1.165) is 31.2 Å². The van der Waals surface area contributed by atoms with Gasteiger partial charge >= 0.3 is 0 Å². The van der Waals surface area contributed by atoms with Gasteiger partial charge in [0.1, 0.15) is 6.04 Å². The van der Waals surface area contributed by atoms with Crippen molar-refractivity contribution in [3.05, 3.63) is 53.5 Å². The fourth-order valence-electron chi connectivity index (χ4n) is 4.30. The predicted molar refractivity (Wildman–Crippen MR) is 107 cm³/mol. The van der Waals surface area contributed by atoms with Crippen LogP contribution in [0.25, 0.3) is 6.08 Å². The summed E-state index contributed by atoms with van der Waals surface area (Å²) in [5, 5.41) is 5.30. The highest BCUT2D eigenvalue weighted by molar-refractivity contribution is 7.13. The van der Waals surface area contributed by atoms with E-state index in [-0.39, 0.29) is 17.9 Å². The van der Waals surface area contributed by atoms with Crippen LogP contribution >= 0.6 is 11.3 Å². The second-order valence-corrected chi connectivity index (χ2v) is 8.07. The molecule has 1 aliphatic heterocycles. The van der Waals surface area contributed by atoms with Gasteiger partial charge in [-0.15, -0.1) is 11.3 Å². The molecule has 1 aromatic carbocycles. The van der Waals surface area contributed by atoms with Crippen LogP contribution in [0.2, 0.25) is 0 Å². The molecule has 1 aromatic heterocycles. The number of carbonyl (C=O) groups excluding carboxylic acids is 2. The number of nitrogens with zero attached hydrogens (tertiary/aromatic N) is 2. The number of likely N-dealkylation sites (tertiary alicyclic amines) is 1. The monoisotopic (exact) mass is 381 g/mol. The van der Waals surface area contributed by atoms with Crippen molar-refractivity contribution in [1.29, 1.82) is 0 Å². The van der Waals surface area contributed by atoms with Crippen LogP contribution in [-0.4, -0.2) is 33.8 Å². The number of anilines is 1. The van der Waals surface area contributed by atoms with Crippen molar-refractivity contribution in [3.63, 3.8) is 0 Å². The van der Waals surface area contributed by atoms with E-state index < -0.39 is 6.04 Å². The third-order valence-electron chi connectivity index (χ3n) is 5.53. The Morgan fingerprint density at radius 2 is 2.00 bits per heavy atom. The molecule has 2 heterocycles. The first-order valence-electron chi connectivity index (χ1n) is 9.48.